The Balaban J connectivity index is 0.000000828. The van der Waals surface area contributed by atoms with Gasteiger partial charge in [-0.25, -0.2) is 4.79 Å². The lowest BCUT2D eigenvalue weighted by molar-refractivity contribution is -0.142. The summed E-state index contributed by atoms with van der Waals surface area (Å²) >= 11 is 0. The third-order valence-electron chi connectivity index (χ3n) is 4.98. The highest BCUT2D eigenvalue weighted by Gasteiger charge is 2.30. The summed E-state index contributed by atoms with van der Waals surface area (Å²) in [5.74, 6) is 0.402. The van der Waals surface area contributed by atoms with E-state index in [0.29, 0.717) is 18.3 Å². The summed E-state index contributed by atoms with van der Waals surface area (Å²) in [6.07, 6.45) is 4.18. The van der Waals surface area contributed by atoms with Crippen LogP contribution in [0.15, 0.2) is 30.3 Å². The molecule has 0 bridgehead atoms. The SMILES string of the molecule is CC(C)=O.CC(C)C1CCC(C(=O)N[C@H](Cc2ccccc2)C(=O)O)CC1. The molecule has 27 heavy (non-hydrogen) atoms. The molecule has 5 nitrogen and oxygen atoms in total. The number of aliphatic carboxylic acids is 1. The lowest BCUT2D eigenvalue weighted by Gasteiger charge is -2.30. The number of carboxylic acids is 1. The lowest BCUT2D eigenvalue weighted by atomic mass is 9.76. The summed E-state index contributed by atoms with van der Waals surface area (Å²) in [7, 11) is 0. The normalized spacial score (nSPS) is 20.2. The van der Waals surface area contributed by atoms with Gasteiger partial charge in [0.15, 0.2) is 0 Å². The summed E-state index contributed by atoms with van der Waals surface area (Å²) in [6.45, 7) is 7.51. The second-order valence-corrected chi connectivity index (χ2v) is 7.85. The molecule has 1 aliphatic carbocycles. The average Bonchev–Trinajstić information content (AvgIpc) is 2.61. The maximum atomic E-state index is 12.4. The number of benzene rings is 1. The first-order valence-corrected chi connectivity index (χ1v) is 9.75. The van der Waals surface area contributed by atoms with Crippen molar-refractivity contribution in [3.05, 3.63) is 35.9 Å². The Morgan fingerprint density at radius 1 is 1.04 bits per heavy atom. The summed E-state index contributed by atoms with van der Waals surface area (Å²) in [5, 5.41) is 12.1. The minimum Gasteiger partial charge on any atom is -0.480 e. The van der Waals surface area contributed by atoms with Gasteiger partial charge >= 0.3 is 5.97 Å². The molecule has 0 unspecified atom stereocenters. The van der Waals surface area contributed by atoms with Crippen LogP contribution in [0.1, 0.15) is 58.9 Å². The molecule has 5 heteroatoms. The number of carbonyl (C=O) groups is 3. The van der Waals surface area contributed by atoms with E-state index in [1.165, 1.54) is 13.8 Å². The minimum absolute atomic E-state index is 0.0392. The molecule has 0 spiro atoms. The molecule has 2 rings (SSSR count). The number of nitrogens with one attached hydrogen (secondary N) is 1. The molecule has 0 heterocycles. The predicted molar refractivity (Wildman–Crippen MR) is 106 cm³/mol. The molecule has 1 aromatic rings. The van der Waals surface area contributed by atoms with Gasteiger partial charge in [0, 0.05) is 12.3 Å². The molecule has 1 saturated carbocycles. The van der Waals surface area contributed by atoms with Gasteiger partial charge in [-0.2, -0.15) is 0 Å². The van der Waals surface area contributed by atoms with Gasteiger partial charge in [0.25, 0.3) is 0 Å². The fourth-order valence-electron chi connectivity index (χ4n) is 3.39. The number of carbonyl (C=O) groups excluding carboxylic acids is 2. The largest absolute Gasteiger partial charge is 0.480 e. The van der Waals surface area contributed by atoms with Gasteiger partial charge in [0.1, 0.15) is 11.8 Å². The Hall–Kier alpha value is -2.17. The second-order valence-electron chi connectivity index (χ2n) is 7.85. The van der Waals surface area contributed by atoms with E-state index < -0.39 is 12.0 Å². The zero-order valence-electron chi connectivity index (χ0n) is 16.9. The lowest BCUT2D eigenvalue weighted by Crippen LogP contribution is -2.45. The van der Waals surface area contributed by atoms with Crippen molar-refractivity contribution in [1.29, 1.82) is 0 Å². The standard InChI is InChI=1S/C19H27NO3.C3H6O/c1-13(2)15-8-10-16(11-9-15)18(21)20-17(19(22)23)12-14-6-4-3-5-7-14;1-3(2)4/h3-7,13,15-17H,8-12H2,1-2H3,(H,20,21)(H,22,23);1-2H3/t15?,16?,17-;/m1./s1. The zero-order valence-corrected chi connectivity index (χ0v) is 16.9. The molecule has 0 aromatic heterocycles. The molecule has 150 valence electrons. The van der Waals surface area contributed by atoms with Crippen molar-refractivity contribution in [2.24, 2.45) is 17.8 Å². The van der Waals surface area contributed by atoms with Crippen LogP contribution in [0.4, 0.5) is 0 Å². The van der Waals surface area contributed by atoms with Crippen LogP contribution in [-0.4, -0.2) is 28.8 Å². The predicted octanol–water partition coefficient (Wildman–Crippen LogP) is 3.86. The van der Waals surface area contributed by atoms with E-state index in [9.17, 15) is 19.5 Å². The number of carboxylic acid groups (broad SMARTS) is 1. The van der Waals surface area contributed by atoms with E-state index in [2.05, 4.69) is 19.2 Å². The maximum Gasteiger partial charge on any atom is 0.326 e. The molecule has 0 aliphatic heterocycles. The quantitative estimate of drug-likeness (QED) is 0.791. The number of amides is 1. The molecule has 0 radical (unpaired) electrons. The van der Waals surface area contributed by atoms with Crippen molar-refractivity contribution >= 4 is 17.7 Å². The molecule has 1 fully saturated rings. The number of rotatable bonds is 6. The van der Waals surface area contributed by atoms with Crippen LogP contribution < -0.4 is 5.32 Å². The van der Waals surface area contributed by atoms with Crippen molar-refractivity contribution in [3.63, 3.8) is 0 Å². The Morgan fingerprint density at radius 2 is 1.56 bits per heavy atom. The van der Waals surface area contributed by atoms with Gasteiger partial charge in [-0.05, 0) is 56.9 Å². The van der Waals surface area contributed by atoms with Gasteiger partial charge in [-0.1, -0.05) is 44.2 Å². The van der Waals surface area contributed by atoms with Crippen molar-refractivity contribution in [3.8, 4) is 0 Å². The topological polar surface area (TPSA) is 83.5 Å². The molecule has 1 aliphatic rings. The van der Waals surface area contributed by atoms with Crippen LogP contribution in [0.25, 0.3) is 0 Å². The number of Topliss-reactive ketones (excluding diaryl/α,β-unsaturated/α-hetero) is 1. The summed E-state index contributed by atoms with van der Waals surface area (Å²) < 4.78 is 0. The monoisotopic (exact) mass is 375 g/mol. The summed E-state index contributed by atoms with van der Waals surface area (Å²) in [4.78, 5) is 33.3. The first-order chi connectivity index (χ1) is 12.7. The van der Waals surface area contributed by atoms with Gasteiger partial charge < -0.3 is 15.2 Å². The van der Waals surface area contributed by atoms with E-state index in [-0.39, 0.29) is 17.6 Å². The van der Waals surface area contributed by atoms with Crippen molar-refractivity contribution in [2.45, 2.75) is 65.8 Å². The van der Waals surface area contributed by atoms with Crippen molar-refractivity contribution in [1.82, 2.24) is 5.32 Å². The summed E-state index contributed by atoms with van der Waals surface area (Å²) in [5.41, 5.74) is 0.920. The second kappa shape index (κ2) is 11.5. The van der Waals surface area contributed by atoms with Crippen LogP contribution in [0, 0.1) is 17.8 Å². The van der Waals surface area contributed by atoms with E-state index in [0.717, 1.165) is 31.2 Å². The minimum atomic E-state index is -0.974. The fourth-order valence-corrected chi connectivity index (χ4v) is 3.39. The molecule has 1 amide bonds. The average molecular weight is 376 g/mol. The van der Waals surface area contributed by atoms with Gasteiger partial charge in [-0.15, -0.1) is 0 Å². The zero-order chi connectivity index (χ0) is 20.4. The summed E-state index contributed by atoms with van der Waals surface area (Å²) in [6, 6.07) is 8.57. The van der Waals surface area contributed by atoms with E-state index in [4.69, 9.17) is 0 Å². The Kier molecular flexibility index (Phi) is 9.76. The molecule has 1 aromatic carbocycles. The molecule has 2 N–H and O–H groups in total. The Bertz CT molecular complexity index is 600. The van der Waals surface area contributed by atoms with Crippen molar-refractivity contribution < 1.29 is 19.5 Å². The van der Waals surface area contributed by atoms with Gasteiger partial charge in [0.2, 0.25) is 5.91 Å². The Morgan fingerprint density at radius 3 is 2.00 bits per heavy atom. The van der Waals surface area contributed by atoms with E-state index in [1.807, 2.05) is 30.3 Å². The van der Waals surface area contributed by atoms with Crippen LogP contribution in [0.3, 0.4) is 0 Å². The molecule has 0 saturated heterocycles. The maximum absolute atomic E-state index is 12.4. The van der Waals surface area contributed by atoms with Crippen LogP contribution in [0.5, 0.6) is 0 Å². The Labute approximate surface area is 162 Å². The number of ketones is 1. The number of hydrogen-bond donors (Lipinski definition) is 2. The third-order valence-corrected chi connectivity index (χ3v) is 4.98. The van der Waals surface area contributed by atoms with E-state index >= 15 is 0 Å². The molecule has 1 atom stereocenters. The van der Waals surface area contributed by atoms with Crippen LogP contribution in [0.2, 0.25) is 0 Å². The first-order valence-electron chi connectivity index (χ1n) is 9.75. The number of hydrogen-bond acceptors (Lipinski definition) is 3. The van der Waals surface area contributed by atoms with Gasteiger partial charge in [-0.3, -0.25) is 4.79 Å². The van der Waals surface area contributed by atoms with Crippen molar-refractivity contribution in [2.75, 3.05) is 0 Å². The first kappa shape index (κ1) is 22.9. The highest BCUT2D eigenvalue weighted by atomic mass is 16.4. The van der Waals surface area contributed by atoms with Gasteiger partial charge in [0.05, 0.1) is 0 Å². The van der Waals surface area contributed by atoms with Crippen LogP contribution >= 0.6 is 0 Å². The highest BCUT2D eigenvalue weighted by Crippen LogP contribution is 2.33. The molecular weight excluding hydrogens is 342 g/mol. The smallest absolute Gasteiger partial charge is 0.326 e. The molecular formula is C22H33NO4. The highest BCUT2D eigenvalue weighted by molar-refractivity contribution is 5.85. The fraction of sp³-hybridized carbons (Fsp3) is 0.591. The van der Waals surface area contributed by atoms with Crippen LogP contribution in [-0.2, 0) is 20.8 Å². The van der Waals surface area contributed by atoms with E-state index in [1.54, 1.807) is 0 Å². The third kappa shape index (κ3) is 8.85.